The largest absolute Gasteiger partial charge is 0.464 e. The van der Waals surface area contributed by atoms with Crippen molar-refractivity contribution in [3.63, 3.8) is 0 Å². The second kappa shape index (κ2) is 5.81. The fourth-order valence-corrected chi connectivity index (χ4v) is 3.01. The van der Waals surface area contributed by atoms with Crippen LogP contribution in [0.1, 0.15) is 35.8 Å². The van der Waals surface area contributed by atoms with Crippen molar-refractivity contribution in [1.82, 2.24) is 20.1 Å². The second-order valence-corrected chi connectivity index (χ2v) is 5.77. The Bertz CT molecular complexity index is 652. The van der Waals surface area contributed by atoms with Gasteiger partial charge in [-0.05, 0) is 36.9 Å². The van der Waals surface area contributed by atoms with Gasteiger partial charge in [0.05, 0.1) is 18.8 Å². The van der Waals surface area contributed by atoms with Gasteiger partial charge in [0.15, 0.2) is 0 Å². The maximum Gasteiger partial charge on any atom is 0.356 e. The lowest BCUT2D eigenvalue weighted by atomic mass is 9.99. The number of hydrogen-bond donors (Lipinski definition) is 1. The predicted octanol–water partition coefficient (Wildman–Crippen LogP) is 1.98. The number of carbonyl (C=O) groups is 1. The molecule has 0 amide bonds. The van der Waals surface area contributed by atoms with E-state index in [0.717, 1.165) is 36.6 Å². The number of ether oxygens (including phenoxy) is 1. The van der Waals surface area contributed by atoms with E-state index in [0.29, 0.717) is 11.2 Å². The first kappa shape index (κ1) is 14.0. The van der Waals surface area contributed by atoms with Gasteiger partial charge in [-0.25, -0.2) is 9.78 Å². The standard InChI is InChI=1S/C15H20N4O2/c1-10-4-3-5-19(8-10)9-11-6-12(15(20)21-2)17-13-7-16-18-14(11)13/h6-7,10H,3-5,8-9H2,1-2H3,(H,16,18)/t10-/m0/s1. The normalized spacial score (nSPS) is 19.8. The number of likely N-dealkylation sites (tertiary alicyclic amines) is 1. The highest BCUT2D eigenvalue weighted by Gasteiger charge is 2.19. The Kier molecular flexibility index (Phi) is 3.88. The molecule has 0 aliphatic carbocycles. The summed E-state index contributed by atoms with van der Waals surface area (Å²) in [6.45, 7) is 5.27. The number of methoxy groups -OCH3 is 1. The first-order chi connectivity index (χ1) is 10.2. The number of esters is 1. The zero-order chi connectivity index (χ0) is 14.8. The summed E-state index contributed by atoms with van der Waals surface area (Å²) < 4.78 is 4.78. The van der Waals surface area contributed by atoms with Crippen molar-refractivity contribution in [2.75, 3.05) is 20.2 Å². The average molecular weight is 288 g/mol. The molecule has 0 radical (unpaired) electrons. The zero-order valence-corrected chi connectivity index (χ0v) is 12.4. The van der Waals surface area contributed by atoms with Gasteiger partial charge in [0, 0.05) is 13.1 Å². The molecule has 1 atom stereocenters. The molecule has 0 aromatic carbocycles. The van der Waals surface area contributed by atoms with Crippen molar-refractivity contribution in [3.05, 3.63) is 23.5 Å². The monoisotopic (exact) mass is 288 g/mol. The summed E-state index contributed by atoms with van der Waals surface area (Å²) in [5.74, 6) is 0.310. The summed E-state index contributed by atoms with van der Waals surface area (Å²) in [6.07, 6.45) is 4.16. The number of aromatic nitrogens is 3. The molecule has 0 saturated carbocycles. The Morgan fingerprint density at radius 1 is 1.57 bits per heavy atom. The predicted molar refractivity (Wildman–Crippen MR) is 78.9 cm³/mol. The van der Waals surface area contributed by atoms with Crippen molar-refractivity contribution < 1.29 is 9.53 Å². The molecule has 0 bridgehead atoms. The van der Waals surface area contributed by atoms with E-state index in [2.05, 4.69) is 27.0 Å². The number of fused-ring (bicyclic) bond motifs is 1. The summed E-state index contributed by atoms with van der Waals surface area (Å²) in [7, 11) is 1.37. The lowest BCUT2D eigenvalue weighted by Gasteiger charge is -2.30. The van der Waals surface area contributed by atoms with Crippen molar-refractivity contribution in [3.8, 4) is 0 Å². The van der Waals surface area contributed by atoms with E-state index in [1.165, 1.54) is 20.0 Å². The number of rotatable bonds is 3. The van der Waals surface area contributed by atoms with Crippen LogP contribution in [0.3, 0.4) is 0 Å². The van der Waals surface area contributed by atoms with Crippen LogP contribution in [0.4, 0.5) is 0 Å². The maximum atomic E-state index is 11.7. The summed E-state index contributed by atoms with van der Waals surface area (Å²) >= 11 is 0. The van der Waals surface area contributed by atoms with Gasteiger partial charge in [-0.1, -0.05) is 6.92 Å². The van der Waals surface area contributed by atoms with Crippen LogP contribution < -0.4 is 0 Å². The number of piperidine rings is 1. The van der Waals surface area contributed by atoms with E-state index in [9.17, 15) is 4.79 Å². The molecule has 6 heteroatoms. The number of nitrogens with one attached hydrogen (secondary N) is 1. The van der Waals surface area contributed by atoms with Gasteiger partial charge in [-0.15, -0.1) is 0 Å². The van der Waals surface area contributed by atoms with E-state index in [4.69, 9.17) is 4.74 Å². The van der Waals surface area contributed by atoms with Crippen LogP contribution in [0.15, 0.2) is 12.3 Å². The Morgan fingerprint density at radius 3 is 3.19 bits per heavy atom. The van der Waals surface area contributed by atoms with E-state index in [1.54, 1.807) is 6.20 Å². The summed E-state index contributed by atoms with van der Waals surface area (Å²) in [4.78, 5) is 18.5. The number of aromatic amines is 1. The minimum absolute atomic E-state index is 0.339. The molecule has 1 aliphatic heterocycles. The van der Waals surface area contributed by atoms with Gasteiger partial charge in [-0.2, -0.15) is 5.10 Å². The van der Waals surface area contributed by atoms with E-state index in [-0.39, 0.29) is 0 Å². The molecule has 2 aromatic rings. The van der Waals surface area contributed by atoms with Crippen LogP contribution in [0.2, 0.25) is 0 Å². The average Bonchev–Trinajstić information content (AvgIpc) is 2.95. The Labute approximate surface area is 123 Å². The van der Waals surface area contributed by atoms with Gasteiger partial charge >= 0.3 is 5.97 Å². The SMILES string of the molecule is COC(=O)c1cc(CN2CCC[C@H](C)C2)c2[nH]ncc2n1. The van der Waals surface area contributed by atoms with Crippen LogP contribution in [-0.2, 0) is 11.3 Å². The summed E-state index contributed by atoms with van der Waals surface area (Å²) in [5.41, 5.74) is 3.00. The highest BCUT2D eigenvalue weighted by atomic mass is 16.5. The van der Waals surface area contributed by atoms with E-state index in [1.807, 2.05) is 6.07 Å². The maximum absolute atomic E-state index is 11.7. The first-order valence-corrected chi connectivity index (χ1v) is 7.31. The van der Waals surface area contributed by atoms with Crippen molar-refractivity contribution in [2.45, 2.75) is 26.3 Å². The summed E-state index contributed by atoms with van der Waals surface area (Å²) in [6, 6.07) is 1.81. The van der Waals surface area contributed by atoms with Gasteiger partial charge < -0.3 is 4.74 Å². The highest BCUT2D eigenvalue weighted by molar-refractivity contribution is 5.91. The zero-order valence-electron chi connectivity index (χ0n) is 12.4. The third-order valence-corrected chi connectivity index (χ3v) is 4.02. The van der Waals surface area contributed by atoms with Crippen molar-refractivity contribution in [2.24, 2.45) is 5.92 Å². The number of nitrogens with zero attached hydrogens (tertiary/aromatic N) is 3. The van der Waals surface area contributed by atoms with Crippen LogP contribution >= 0.6 is 0 Å². The quantitative estimate of drug-likeness (QED) is 0.874. The summed E-state index contributed by atoms with van der Waals surface area (Å²) in [5, 5.41) is 7.02. The fourth-order valence-electron chi connectivity index (χ4n) is 3.01. The lowest BCUT2D eigenvalue weighted by molar-refractivity contribution is 0.0594. The van der Waals surface area contributed by atoms with Crippen LogP contribution in [0.5, 0.6) is 0 Å². The number of carbonyl (C=O) groups excluding carboxylic acids is 1. The topological polar surface area (TPSA) is 71.1 Å². The smallest absolute Gasteiger partial charge is 0.356 e. The van der Waals surface area contributed by atoms with E-state index < -0.39 is 5.97 Å². The van der Waals surface area contributed by atoms with Gasteiger partial charge in [-0.3, -0.25) is 10.00 Å². The Balaban J connectivity index is 1.92. The molecule has 6 nitrogen and oxygen atoms in total. The molecule has 21 heavy (non-hydrogen) atoms. The molecule has 112 valence electrons. The molecule has 0 unspecified atom stereocenters. The molecular formula is C15H20N4O2. The van der Waals surface area contributed by atoms with Crippen LogP contribution in [0, 0.1) is 5.92 Å². The van der Waals surface area contributed by atoms with Gasteiger partial charge in [0.1, 0.15) is 11.2 Å². The van der Waals surface area contributed by atoms with Gasteiger partial charge in [0.25, 0.3) is 0 Å². The minimum atomic E-state index is -0.411. The van der Waals surface area contributed by atoms with E-state index >= 15 is 0 Å². The van der Waals surface area contributed by atoms with Gasteiger partial charge in [0.2, 0.25) is 0 Å². The lowest BCUT2D eigenvalue weighted by Crippen LogP contribution is -2.33. The van der Waals surface area contributed by atoms with Crippen LogP contribution in [-0.4, -0.2) is 46.2 Å². The molecule has 1 fully saturated rings. The third kappa shape index (κ3) is 2.90. The molecule has 2 aromatic heterocycles. The Morgan fingerprint density at radius 2 is 2.43 bits per heavy atom. The number of hydrogen-bond acceptors (Lipinski definition) is 5. The first-order valence-electron chi connectivity index (χ1n) is 7.31. The number of pyridine rings is 1. The molecule has 1 N–H and O–H groups in total. The third-order valence-electron chi connectivity index (χ3n) is 4.02. The molecule has 1 saturated heterocycles. The Hall–Kier alpha value is -1.95. The van der Waals surface area contributed by atoms with Crippen molar-refractivity contribution in [1.29, 1.82) is 0 Å². The van der Waals surface area contributed by atoms with Crippen LogP contribution in [0.25, 0.3) is 11.0 Å². The molecule has 3 rings (SSSR count). The highest BCUT2D eigenvalue weighted by Crippen LogP contribution is 2.22. The molecular weight excluding hydrogens is 268 g/mol. The second-order valence-electron chi connectivity index (χ2n) is 5.77. The van der Waals surface area contributed by atoms with Crippen molar-refractivity contribution >= 4 is 17.0 Å². The minimum Gasteiger partial charge on any atom is -0.464 e. The molecule has 3 heterocycles. The molecule has 0 spiro atoms. The molecule has 1 aliphatic rings. The fraction of sp³-hybridized carbons (Fsp3) is 0.533. The number of H-pyrrole nitrogens is 1.